The van der Waals surface area contributed by atoms with Gasteiger partial charge < -0.3 is 13.3 Å². The van der Waals surface area contributed by atoms with Gasteiger partial charge in [0.05, 0.1) is 6.61 Å². The Morgan fingerprint density at radius 3 is 2.55 bits per heavy atom. The summed E-state index contributed by atoms with van der Waals surface area (Å²) in [5.74, 6) is -1.55. The lowest BCUT2D eigenvalue weighted by atomic mass is 10.3. The normalized spacial score (nSPS) is 12.4. The van der Waals surface area contributed by atoms with Crippen LogP contribution in [0.5, 0.6) is 5.88 Å². The molecule has 0 unspecified atom stereocenters. The number of nitrogens with zero attached hydrogens (tertiary/aromatic N) is 2. The van der Waals surface area contributed by atoms with Crippen LogP contribution in [0.1, 0.15) is 17.3 Å². The Kier molecular flexibility index (Phi) is 4.00. The number of carbonyl (C=O) groups excluding carboxylic acids is 1. The molecule has 120 valence electrons. The molecular weight excluding hydrogens is 329 g/mol. The number of aromatic nitrogens is 2. The van der Waals surface area contributed by atoms with Crippen LogP contribution in [0.3, 0.4) is 0 Å². The maximum Gasteiger partial charge on any atom is 0.534 e. The number of hydrogen-bond acceptors (Lipinski definition) is 6. The van der Waals surface area contributed by atoms with Gasteiger partial charge in [0, 0.05) is 18.5 Å². The van der Waals surface area contributed by atoms with Crippen LogP contribution in [0, 0.1) is 0 Å². The fraction of sp³-hybridized carbons (Fsp3) is 0.273. The van der Waals surface area contributed by atoms with E-state index in [0.29, 0.717) is 0 Å². The van der Waals surface area contributed by atoms with E-state index in [2.05, 4.69) is 9.17 Å². The molecule has 0 bridgehead atoms. The Labute approximate surface area is 122 Å². The van der Waals surface area contributed by atoms with E-state index in [1.54, 1.807) is 6.92 Å². The number of fused-ring (bicyclic) bond motifs is 1. The molecule has 2 aromatic rings. The smallest absolute Gasteiger partial charge is 0.462 e. The predicted octanol–water partition coefficient (Wildman–Crippen LogP) is 1.74. The van der Waals surface area contributed by atoms with Gasteiger partial charge in [0.25, 0.3) is 0 Å². The van der Waals surface area contributed by atoms with Crippen LogP contribution >= 0.6 is 0 Å². The molecule has 2 aromatic heterocycles. The Bertz CT molecular complexity index is 813. The van der Waals surface area contributed by atoms with Crippen molar-refractivity contribution in [1.82, 2.24) is 9.38 Å². The molecule has 0 spiro atoms. The van der Waals surface area contributed by atoms with Gasteiger partial charge in [-0.25, -0.2) is 4.79 Å². The van der Waals surface area contributed by atoms with Crippen LogP contribution in [0.15, 0.2) is 24.5 Å². The molecule has 22 heavy (non-hydrogen) atoms. The zero-order chi connectivity index (χ0) is 16.5. The average molecular weight is 338 g/mol. The molecule has 0 aromatic carbocycles. The van der Waals surface area contributed by atoms with Gasteiger partial charge in [-0.1, -0.05) is 0 Å². The highest BCUT2D eigenvalue weighted by Crippen LogP contribution is 2.26. The molecule has 11 heteroatoms. The van der Waals surface area contributed by atoms with Crippen molar-refractivity contribution < 1.29 is 35.3 Å². The minimum Gasteiger partial charge on any atom is -0.462 e. The molecule has 0 N–H and O–H groups in total. The van der Waals surface area contributed by atoms with Crippen molar-refractivity contribution in [2.75, 3.05) is 6.61 Å². The summed E-state index contributed by atoms with van der Waals surface area (Å²) >= 11 is 0. The Hall–Kier alpha value is -2.30. The summed E-state index contributed by atoms with van der Waals surface area (Å²) in [4.78, 5) is 15.3. The van der Waals surface area contributed by atoms with Crippen LogP contribution in [0.2, 0.25) is 0 Å². The van der Waals surface area contributed by atoms with Crippen molar-refractivity contribution in [3.8, 4) is 5.88 Å². The van der Waals surface area contributed by atoms with Crippen molar-refractivity contribution >= 4 is 21.7 Å². The number of rotatable bonds is 4. The molecule has 0 saturated heterocycles. The molecule has 2 heterocycles. The highest BCUT2D eigenvalue weighted by molar-refractivity contribution is 7.87. The quantitative estimate of drug-likeness (QED) is 0.479. The number of halogens is 3. The Balaban J connectivity index is 2.42. The van der Waals surface area contributed by atoms with Crippen molar-refractivity contribution in [2.24, 2.45) is 0 Å². The Morgan fingerprint density at radius 1 is 1.32 bits per heavy atom. The van der Waals surface area contributed by atoms with Crippen LogP contribution < -0.4 is 4.18 Å². The van der Waals surface area contributed by atoms with Gasteiger partial charge in [-0.05, 0) is 13.0 Å². The van der Waals surface area contributed by atoms with E-state index < -0.39 is 27.5 Å². The highest BCUT2D eigenvalue weighted by Gasteiger charge is 2.48. The summed E-state index contributed by atoms with van der Waals surface area (Å²) in [6.45, 7) is 1.67. The largest absolute Gasteiger partial charge is 0.534 e. The average Bonchev–Trinajstić information content (AvgIpc) is 2.80. The first-order chi connectivity index (χ1) is 10.2. The minimum absolute atomic E-state index is 0.0308. The van der Waals surface area contributed by atoms with Gasteiger partial charge in [0.2, 0.25) is 5.88 Å². The fourth-order valence-electron chi connectivity index (χ4n) is 1.54. The lowest BCUT2D eigenvalue weighted by Crippen LogP contribution is -2.28. The summed E-state index contributed by atoms with van der Waals surface area (Å²) in [7, 11) is -5.83. The zero-order valence-corrected chi connectivity index (χ0v) is 11.8. The van der Waals surface area contributed by atoms with E-state index in [1.165, 1.54) is 22.9 Å². The maximum absolute atomic E-state index is 12.3. The number of ether oxygens (including phenoxy) is 1. The maximum atomic E-state index is 12.3. The van der Waals surface area contributed by atoms with Gasteiger partial charge in [0.1, 0.15) is 5.56 Å². The molecule has 0 aliphatic carbocycles. The molecule has 0 amide bonds. The van der Waals surface area contributed by atoms with Gasteiger partial charge in [-0.2, -0.15) is 26.6 Å². The Morgan fingerprint density at radius 2 is 1.95 bits per heavy atom. The first kappa shape index (κ1) is 16.1. The van der Waals surface area contributed by atoms with Gasteiger partial charge in [0.15, 0.2) is 5.65 Å². The molecule has 7 nitrogen and oxygen atoms in total. The second kappa shape index (κ2) is 5.48. The van der Waals surface area contributed by atoms with E-state index >= 15 is 0 Å². The molecule has 0 atom stereocenters. The topological polar surface area (TPSA) is 87.0 Å². The predicted molar refractivity (Wildman–Crippen MR) is 66.8 cm³/mol. The monoisotopic (exact) mass is 338 g/mol. The molecule has 0 fully saturated rings. The van der Waals surface area contributed by atoms with Gasteiger partial charge in [-0.15, -0.1) is 0 Å². The van der Waals surface area contributed by atoms with E-state index in [9.17, 15) is 26.4 Å². The van der Waals surface area contributed by atoms with E-state index in [-0.39, 0.29) is 17.8 Å². The first-order valence-corrected chi connectivity index (χ1v) is 7.22. The first-order valence-electron chi connectivity index (χ1n) is 5.81. The third kappa shape index (κ3) is 2.98. The second-order valence-electron chi connectivity index (χ2n) is 3.93. The van der Waals surface area contributed by atoms with E-state index in [4.69, 9.17) is 4.74 Å². The lowest BCUT2D eigenvalue weighted by molar-refractivity contribution is -0.0501. The summed E-state index contributed by atoms with van der Waals surface area (Å²) < 4.78 is 68.6. The number of carbonyl (C=O) groups is 1. The van der Waals surface area contributed by atoms with E-state index in [0.717, 1.165) is 6.07 Å². The standard InChI is InChI=1S/C11H9F3N2O5S/c1-2-20-10(17)7-3-5-16-6-4-8(15-9(7)16)21-22(18,19)11(12,13)14/h3-6H,2H2,1H3. The lowest BCUT2D eigenvalue weighted by Gasteiger charge is -2.09. The van der Waals surface area contributed by atoms with Gasteiger partial charge in [-0.3, -0.25) is 0 Å². The second-order valence-corrected chi connectivity index (χ2v) is 5.47. The van der Waals surface area contributed by atoms with Crippen LogP contribution in [0.4, 0.5) is 13.2 Å². The minimum atomic E-state index is -5.83. The van der Waals surface area contributed by atoms with Crippen LogP contribution in [-0.4, -0.2) is 35.9 Å². The van der Waals surface area contributed by atoms with Crippen molar-refractivity contribution in [1.29, 1.82) is 0 Å². The van der Waals surface area contributed by atoms with E-state index in [1.807, 2.05) is 0 Å². The summed E-state index contributed by atoms with van der Waals surface area (Å²) in [6, 6.07) is 2.26. The summed E-state index contributed by atoms with van der Waals surface area (Å²) in [5.41, 5.74) is -5.70. The highest BCUT2D eigenvalue weighted by atomic mass is 32.2. The van der Waals surface area contributed by atoms with Crippen molar-refractivity contribution in [3.63, 3.8) is 0 Å². The molecule has 0 radical (unpaired) electrons. The molecular formula is C11H9F3N2O5S. The third-order valence-electron chi connectivity index (χ3n) is 2.45. The fourth-order valence-corrected chi connectivity index (χ4v) is 1.95. The summed E-state index contributed by atoms with van der Waals surface area (Å²) in [6.07, 6.45) is 2.61. The molecule has 2 rings (SSSR count). The van der Waals surface area contributed by atoms with Crippen LogP contribution in [-0.2, 0) is 14.9 Å². The number of esters is 1. The summed E-state index contributed by atoms with van der Waals surface area (Å²) in [5, 5.41) is 0. The molecule has 0 saturated carbocycles. The zero-order valence-electron chi connectivity index (χ0n) is 11.0. The van der Waals surface area contributed by atoms with Crippen molar-refractivity contribution in [3.05, 3.63) is 30.1 Å². The van der Waals surface area contributed by atoms with Crippen molar-refractivity contribution in [2.45, 2.75) is 12.4 Å². The number of hydrogen-bond donors (Lipinski definition) is 0. The SMILES string of the molecule is CCOC(=O)c1ccn2ccc(OS(=O)(=O)C(F)(F)F)nc12. The third-order valence-corrected chi connectivity index (χ3v) is 3.41. The van der Waals surface area contributed by atoms with Gasteiger partial charge >= 0.3 is 21.6 Å². The van der Waals surface area contributed by atoms with Crippen LogP contribution in [0.25, 0.3) is 5.65 Å². The number of alkyl halides is 3. The molecule has 0 aliphatic heterocycles. The molecule has 0 aliphatic rings.